The van der Waals surface area contributed by atoms with Gasteiger partial charge in [-0.1, -0.05) is 18.2 Å². The van der Waals surface area contributed by atoms with Gasteiger partial charge in [-0.25, -0.2) is 0 Å². The summed E-state index contributed by atoms with van der Waals surface area (Å²) in [4.78, 5) is 14.6. The Hall–Kier alpha value is -1.39. The molecule has 0 bridgehead atoms. The maximum absolute atomic E-state index is 12.7. The number of hydrogen-bond acceptors (Lipinski definition) is 3. The summed E-state index contributed by atoms with van der Waals surface area (Å²) in [6.45, 7) is 2.02. The Morgan fingerprint density at radius 1 is 1.26 bits per heavy atom. The van der Waals surface area contributed by atoms with Gasteiger partial charge in [0.25, 0.3) is 0 Å². The lowest BCUT2D eigenvalue weighted by molar-refractivity contribution is -0.125. The van der Waals surface area contributed by atoms with Crippen molar-refractivity contribution in [3.8, 4) is 0 Å². The van der Waals surface area contributed by atoms with Crippen molar-refractivity contribution in [1.29, 1.82) is 0 Å². The zero-order chi connectivity index (χ0) is 13.2. The Bertz CT molecular complexity index is 469. The Morgan fingerprint density at radius 2 is 2.00 bits per heavy atom. The molecule has 0 spiro atoms. The number of rotatable bonds is 1. The van der Waals surface area contributed by atoms with Crippen LogP contribution in [0.25, 0.3) is 0 Å². The third kappa shape index (κ3) is 2.51. The molecule has 0 saturated carbocycles. The molecular formula is C15H20N2O2. The van der Waals surface area contributed by atoms with Crippen molar-refractivity contribution in [3.63, 3.8) is 0 Å². The molecule has 4 nitrogen and oxygen atoms in total. The quantitative estimate of drug-likeness (QED) is 0.828. The van der Waals surface area contributed by atoms with Gasteiger partial charge in [-0.2, -0.15) is 0 Å². The van der Waals surface area contributed by atoms with Gasteiger partial charge in [-0.3, -0.25) is 4.79 Å². The second-order valence-electron chi connectivity index (χ2n) is 5.43. The number of carbonyl (C=O) groups excluding carboxylic acids is 1. The number of para-hydroxylation sites is 1. The third-order valence-corrected chi connectivity index (χ3v) is 4.02. The second-order valence-corrected chi connectivity index (χ2v) is 5.43. The van der Waals surface area contributed by atoms with E-state index in [4.69, 9.17) is 10.5 Å². The molecule has 4 heteroatoms. The summed E-state index contributed by atoms with van der Waals surface area (Å²) in [6.07, 6.45) is 2.51. The topological polar surface area (TPSA) is 55.6 Å². The van der Waals surface area contributed by atoms with E-state index in [1.54, 1.807) is 0 Å². The largest absolute Gasteiger partial charge is 0.381 e. The van der Waals surface area contributed by atoms with Crippen LogP contribution in [0, 0.1) is 5.92 Å². The highest BCUT2D eigenvalue weighted by molar-refractivity contribution is 5.96. The molecule has 1 fully saturated rings. The lowest BCUT2D eigenvalue weighted by Crippen LogP contribution is -2.49. The third-order valence-electron chi connectivity index (χ3n) is 4.02. The zero-order valence-corrected chi connectivity index (χ0v) is 11.0. The molecular weight excluding hydrogens is 240 g/mol. The molecule has 3 rings (SSSR count). The van der Waals surface area contributed by atoms with E-state index in [0.29, 0.717) is 19.8 Å². The first-order valence-corrected chi connectivity index (χ1v) is 6.98. The molecule has 102 valence electrons. The van der Waals surface area contributed by atoms with Gasteiger partial charge in [0.15, 0.2) is 0 Å². The molecule has 0 radical (unpaired) electrons. The first-order valence-electron chi connectivity index (χ1n) is 6.98. The fourth-order valence-corrected chi connectivity index (χ4v) is 3.00. The molecule has 2 aliphatic rings. The molecule has 1 unspecified atom stereocenters. The number of benzene rings is 1. The van der Waals surface area contributed by atoms with Gasteiger partial charge in [-0.15, -0.1) is 0 Å². The summed E-state index contributed by atoms with van der Waals surface area (Å²) in [6, 6.07) is 8.13. The van der Waals surface area contributed by atoms with Crippen molar-refractivity contribution < 1.29 is 9.53 Å². The SMILES string of the molecule is NC1Cc2ccccc2N(C(=O)C2CCOCC2)C1. The van der Waals surface area contributed by atoms with Crippen molar-refractivity contribution in [2.24, 2.45) is 11.7 Å². The van der Waals surface area contributed by atoms with Crippen LogP contribution in [0.15, 0.2) is 24.3 Å². The predicted molar refractivity (Wildman–Crippen MR) is 74.0 cm³/mol. The Labute approximate surface area is 113 Å². The zero-order valence-electron chi connectivity index (χ0n) is 11.0. The minimum atomic E-state index is 0.0405. The number of nitrogens with zero attached hydrogens (tertiary/aromatic N) is 1. The number of ether oxygens (including phenoxy) is 1. The van der Waals surface area contributed by atoms with Crippen LogP contribution >= 0.6 is 0 Å². The fourth-order valence-electron chi connectivity index (χ4n) is 3.00. The smallest absolute Gasteiger partial charge is 0.230 e. The minimum Gasteiger partial charge on any atom is -0.381 e. The summed E-state index contributed by atoms with van der Waals surface area (Å²) in [5, 5.41) is 0. The maximum atomic E-state index is 12.7. The predicted octanol–water partition coefficient (Wildman–Crippen LogP) is 1.33. The van der Waals surface area contributed by atoms with Crippen LogP contribution in [-0.4, -0.2) is 31.7 Å². The molecule has 2 aliphatic heterocycles. The van der Waals surface area contributed by atoms with Gasteiger partial charge in [0.05, 0.1) is 0 Å². The van der Waals surface area contributed by atoms with Crippen molar-refractivity contribution in [3.05, 3.63) is 29.8 Å². The molecule has 1 amide bonds. The summed E-state index contributed by atoms with van der Waals surface area (Å²) < 4.78 is 5.33. The number of hydrogen-bond donors (Lipinski definition) is 1. The van der Waals surface area contributed by atoms with E-state index in [1.807, 2.05) is 23.1 Å². The van der Waals surface area contributed by atoms with Crippen LogP contribution in [0.1, 0.15) is 18.4 Å². The first kappa shape index (κ1) is 12.6. The molecule has 1 aromatic carbocycles. The van der Waals surface area contributed by atoms with Crippen molar-refractivity contribution >= 4 is 11.6 Å². The Morgan fingerprint density at radius 3 is 2.79 bits per heavy atom. The summed E-state index contributed by atoms with van der Waals surface area (Å²) in [5.74, 6) is 0.304. The van der Waals surface area contributed by atoms with E-state index in [9.17, 15) is 4.79 Å². The van der Waals surface area contributed by atoms with E-state index < -0.39 is 0 Å². The van der Waals surface area contributed by atoms with Crippen LogP contribution in [0.2, 0.25) is 0 Å². The first-order chi connectivity index (χ1) is 9.25. The van der Waals surface area contributed by atoms with Gasteiger partial charge in [0.2, 0.25) is 5.91 Å². The molecule has 0 aromatic heterocycles. The minimum absolute atomic E-state index is 0.0405. The second kappa shape index (κ2) is 5.31. The van der Waals surface area contributed by atoms with E-state index in [0.717, 1.165) is 24.9 Å². The highest BCUT2D eigenvalue weighted by Gasteiger charge is 2.31. The van der Waals surface area contributed by atoms with E-state index in [1.165, 1.54) is 5.56 Å². The molecule has 2 N–H and O–H groups in total. The number of anilines is 1. The van der Waals surface area contributed by atoms with Crippen molar-refractivity contribution in [1.82, 2.24) is 0 Å². The molecule has 2 heterocycles. The average molecular weight is 260 g/mol. The average Bonchev–Trinajstić information content (AvgIpc) is 2.46. The van der Waals surface area contributed by atoms with E-state index in [2.05, 4.69) is 6.07 Å². The number of amides is 1. The lowest BCUT2D eigenvalue weighted by Gasteiger charge is -2.36. The number of fused-ring (bicyclic) bond motifs is 1. The van der Waals surface area contributed by atoms with Crippen LogP contribution in [-0.2, 0) is 16.0 Å². The van der Waals surface area contributed by atoms with Gasteiger partial charge in [-0.05, 0) is 30.9 Å². The molecule has 19 heavy (non-hydrogen) atoms. The monoisotopic (exact) mass is 260 g/mol. The Kier molecular flexibility index (Phi) is 3.53. The molecule has 1 saturated heterocycles. The number of nitrogens with two attached hydrogens (primary N) is 1. The fraction of sp³-hybridized carbons (Fsp3) is 0.533. The van der Waals surface area contributed by atoms with Crippen LogP contribution in [0.3, 0.4) is 0 Å². The summed E-state index contributed by atoms with van der Waals surface area (Å²) >= 11 is 0. The van der Waals surface area contributed by atoms with Crippen LogP contribution < -0.4 is 10.6 Å². The van der Waals surface area contributed by atoms with Gasteiger partial charge in [0, 0.05) is 37.4 Å². The van der Waals surface area contributed by atoms with Crippen molar-refractivity contribution in [2.75, 3.05) is 24.7 Å². The molecule has 0 aliphatic carbocycles. The van der Waals surface area contributed by atoms with Gasteiger partial charge < -0.3 is 15.4 Å². The lowest BCUT2D eigenvalue weighted by atomic mass is 9.94. The van der Waals surface area contributed by atoms with Gasteiger partial charge in [0.1, 0.15) is 0 Å². The summed E-state index contributed by atoms with van der Waals surface area (Å²) in [5.41, 5.74) is 8.31. The van der Waals surface area contributed by atoms with Crippen molar-refractivity contribution in [2.45, 2.75) is 25.3 Å². The normalized spacial score (nSPS) is 24.1. The standard InChI is InChI=1S/C15H20N2O2/c16-13-9-12-3-1-2-4-14(12)17(10-13)15(18)11-5-7-19-8-6-11/h1-4,11,13H,5-10,16H2. The highest BCUT2D eigenvalue weighted by atomic mass is 16.5. The summed E-state index contributed by atoms with van der Waals surface area (Å²) in [7, 11) is 0. The highest BCUT2D eigenvalue weighted by Crippen LogP contribution is 2.29. The van der Waals surface area contributed by atoms with Gasteiger partial charge >= 0.3 is 0 Å². The molecule has 1 atom stereocenters. The molecule has 1 aromatic rings. The van der Waals surface area contributed by atoms with Crippen LogP contribution in [0.4, 0.5) is 5.69 Å². The van der Waals surface area contributed by atoms with Crippen LogP contribution in [0.5, 0.6) is 0 Å². The maximum Gasteiger partial charge on any atom is 0.230 e. The Balaban J connectivity index is 1.85. The van der Waals surface area contributed by atoms with E-state index in [-0.39, 0.29) is 17.9 Å². The number of carbonyl (C=O) groups is 1. The van der Waals surface area contributed by atoms with E-state index >= 15 is 0 Å².